The maximum Gasteiger partial charge on any atom is 0.292 e. The molecule has 0 bridgehead atoms. The molecule has 2 rings (SSSR count). The minimum atomic E-state index is -2.91. The summed E-state index contributed by atoms with van der Waals surface area (Å²) < 4.78 is 29.5. The predicted octanol–water partition coefficient (Wildman–Crippen LogP) is 3.44. The van der Waals surface area contributed by atoms with Crippen LogP contribution in [0.25, 0.3) is 0 Å². The molecule has 16 heavy (non-hydrogen) atoms. The van der Waals surface area contributed by atoms with Crippen molar-refractivity contribution in [2.24, 2.45) is 0 Å². The first kappa shape index (κ1) is 11.3. The monoisotopic (exact) mass is 286 g/mol. The Morgan fingerprint density at radius 1 is 1.25 bits per heavy atom. The molecule has 1 aromatic heterocycles. The van der Waals surface area contributed by atoms with E-state index < -0.39 is 12.5 Å². The molecule has 0 saturated heterocycles. The van der Waals surface area contributed by atoms with Gasteiger partial charge in [-0.1, -0.05) is 30.3 Å². The van der Waals surface area contributed by atoms with Crippen molar-refractivity contribution >= 4 is 15.9 Å². The number of nitrogens with zero attached hydrogens (tertiary/aromatic N) is 2. The van der Waals surface area contributed by atoms with Gasteiger partial charge in [0.25, 0.3) is 5.92 Å². The molecule has 0 saturated carbocycles. The molecule has 0 aliphatic carbocycles. The zero-order valence-corrected chi connectivity index (χ0v) is 9.86. The van der Waals surface area contributed by atoms with E-state index in [9.17, 15) is 8.78 Å². The van der Waals surface area contributed by atoms with E-state index in [2.05, 4.69) is 21.0 Å². The average Bonchev–Trinajstić information content (AvgIpc) is 2.64. The lowest BCUT2D eigenvalue weighted by Gasteiger charge is -2.16. The van der Waals surface area contributed by atoms with Crippen molar-refractivity contribution in [1.29, 1.82) is 0 Å². The van der Waals surface area contributed by atoms with E-state index in [1.807, 2.05) is 0 Å². The Balaban J connectivity index is 2.20. The van der Waals surface area contributed by atoms with Crippen LogP contribution in [-0.4, -0.2) is 9.78 Å². The van der Waals surface area contributed by atoms with E-state index in [1.165, 1.54) is 29.2 Å². The van der Waals surface area contributed by atoms with Gasteiger partial charge in [0.1, 0.15) is 6.54 Å². The van der Waals surface area contributed by atoms with Crippen LogP contribution in [0.5, 0.6) is 0 Å². The molecule has 0 aliphatic heterocycles. The van der Waals surface area contributed by atoms with E-state index >= 15 is 0 Å². The largest absolute Gasteiger partial charge is 0.292 e. The fraction of sp³-hybridized carbons (Fsp3) is 0.182. The average molecular weight is 287 g/mol. The molecular weight excluding hydrogens is 278 g/mol. The van der Waals surface area contributed by atoms with Crippen LogP contribution in [0.2, 0.25) is 0 Å². The summed E-state index contributed by atoms with van der Waals surface area (Å²) in [6, 6.07) is 7.74. The van der Waals surface area contributed by atoms with Gasteiger partial charge in [-0.3, -0.25) is 4.68 Å². The lowest BCUT2D eigenvalue weighted by Crippen LogP contribution is -2.21. The van der Waals surface area contributed by atoms with Crippen LogP contribution in [0.15, 0.2) is 47.2 Å². The maximum atomic E-state index is 13.8. The predicted molar refractivity (Wildman–Crippen MR) is 60.3 cm³/mol. The Hall–Kier alpha value is -1.23. The first-order valence-corrected chi connectivity index (χ1v) is 5.48. The number of hydrogen-bond acceptors (Lipinski definition) is 1. The Morgan fingerprint density at radius 3 is 2.50 bits per heavy atom. The molecule has 0 spiro atoms. The molecule has 0 fully saturated rings. The van der Waals surface area contributed by atoms with Crippen molar-refractivity contribution in [3.63, 3.8) is 0 Å². The van der Waals surface area contributed by atoms with Gasteiger partial charge in [-0.05, 0) is 15.9 Å². The van der Waals surface area contributed by atoms with Gasteiger partial charge in [0.15, 0.2) is 0 Å². The van der Waals surface area contributed by atoms with Gasteiger partial charge < -0.3 is 0 Å². The molecule has 1 aromatic carbocycles. The van der Waals surface area contributed by atoms with Crippen LogP contribution in [-0.2, 0) is 12.5 Å². The van der Waals surface area contributed by atoms with Crippen molar-refractivity contribution in [1.82, 2.24) is 9.78 Å². The lowest BCUT2D eigenvalue weighted by molar-refractivity contribution is -0.0254. The maximum absolute atomic E-state index is 13.8. The topological polar surface area (TPSA) is 17.8 Å². The van der Waals surface area contributed by atoms with E-state index in [-0.39, 0.29) is 5.56 Å². The third-order valence-electron chi connectivity index (χ3n) is 2.16. The van der Waals surface area contributed by atoms with Crippen LogP contribution >= 0.6 is 15.9 Å². The van der Waals surface area contributed by atoms with Gasteiger partial charge in [0, 0.05) is 11.8 Å². The van der Waals surface area contributed by atoms with E-state index in [0.717, 1.165) is 0 Å². The number of rotatable bonds is 3. The Labute approximate surface area is 100 Å². The molecule has 0 N–H and O–H groups in total. The lowest BCUT2D eigenvalue weighted by atomic mass is 10.1. The molecule has 5 heteroatoms. The molecular formula is C11H9BrF2N2. The number of hydrogen-bond donors (Lipinski definition) is 0. The van der Waals surface area contributed by atoms with Crippen LogP contribution < -0.4 is 0 Å². The Kier molecular flexibility index (Phi) is 3.05. The Bertz CT molecular complexity index is 468. The summed E-state index contributed by atoms with van der Waals surface area (Å²) >= 11 is 3.17. The minimum absolute atomic E-state index is 0.00150. The second kappa shape index (κ2) is 4.33. The van der Waals surface area contributed by atoms with Gasteiger partial charge in [-0.25, -0.2) is 0 Å². The normalized spacial score (nSPS) is 11.7. The summed E-state index contributed by atoms with van der Waals surface area (Å²) in [6.07, 6.45) is 3.01. The third kappa shape index (κ3) is 2.47. The van der Waals surface area contributed by atoms with Gasteiger partial charge in [-0.15, -0.1) is 0 Å². The summed E-state index contributed by atoms with van der Waals surface area (Å²) in [5, 5.41) is 3.82. The summed E-state index contributed by atoms with van der Waals surface area (Å²) in [5.74, 6) is -2.91. The van der Waals surface area contributed by atoms with Gasteiger partial charge in [0.2, 0.25) is 0 Å². The van der Waals surface area contributed by atoms with Crippen molar-refractivity contribution in [3.05, 3.63) is 52.8 Å². The molecule has 84 valence electrons. The molecule has 2 nitrogen and oxygen atoms in total. The van der Waals surface area contributed by atoms with Crippen LogP contribution in [0, 0.1) is 0 Å². The summed E-state index contributed by atoms with van der Waals surface area (Å²) in [6.45, 7) is -0.456. The molecule has 0 unspecified atom stereocenters. The second-order valence-electron chi connectivity index (χ2n) is 3.43. The van der Waals surface area contributed by atoms with Crippen molar-refractivity contribution in [2.75, 3.05) is 0 Å². The van der Waals surface area contributed by atoms with Gasteiger partial charge >= 0.3 is 0 Å². The SMILES string of the molecule is FC(F)(Cn1cc(Br)cn1)c1ccccc1. The molecule has 0 radical (unpaired) electrons. The second-order valence-corrected chi connectivity index (χ2v) is 4.34. The Morgan fingerprint density at radius 2 is 1.94 bits per heavy atom. The molecule has 2 aromatic rings. The van der Waals surface area contributed by atoms with Crippen molar-refractivity contribution < 1.29 is 8.78 Å². The highest BCUT2D eigenvalue weighted by molar-refractivity contribution is 9.10. The highest BCUT2D eigenvalue weighted by Gasteiger charge is 2.32. The van der Waals surface area contributed by atoms with Crippen molar-refractivity contribution in [2.45, 2.75) is 12.5 Å². The first-order chi connectivity index (χ1) is 7.58. The quantitative estimate of drug-likeness (QED) is 0.845. The van der Waals surface area contributed by atoms with Crippen LogP contribution in [0.1, 0.15) is 5.56 Å². The summed E-state index contributed by atoms with van der Waals surface area (Å²) in [7, 11) is 0. The van der Waals surface area contributed by atoms with Crippen LogP contribution in [0.4, 0.5) is 8.78 Å². The molecule has 0 amide bonds. The molecule has 0 aliphatic rings. The van der Waals surface area contributed by atoms with E-state index in [1.54, 1.807) is 18.2 Å². The standard InChI is InChI=1S/C11H9BrF2N2/c12-10-6-15-16(7-10)8-11(13,14)9-4-2-1-3-5-9/h1-7H,8H2. The number of halogens is 3. The van der Waals surface area contributed by atoms with Crippen LogP contribution in [0.3, 0.4) is 0 Å². The minimum Gasteiger partial charge on any atom is -0.265 e. The smallest absolute Gasteiger partial charge is 0.265 e. The number of aromatic nitrogens is 2. The highest BCUT2D eigenvalue weighted by Crippen LogP contribution is 2.29. The molecule has 0 atom stereocenters. The fourth-order valence-corrected chi connectivity index (χ4v) is 1.73. The van der Waals surface area contributed by atoms with E-state index in [0.29, 0.717) is 4.47 Å². The highest BCUT2D eigenvalue weighted by atomic mass is 79.9. The fourth-order valence-electron chi connectivity index (χ4n) is 1.40. The number of alkyl halides is 2. The summed E-state index contributed by atoms with van der Waals surface area (Å²) in [5.41, 5.74) is 0.00150. The zero-order chi connectivity index (χ0) is 11.6. The van der Waals surface area contributed by atoms with Gasteiger partial charge in [0.05, 0.1) is 10.7 Å². The van der Waals surface area contributed by atoms with E-state index in [4.69, 9.17) is 0 Å². The van der Waals surface area contributed by atoms with Crippen molar-refractivity contribution in [3.8, 4) is 0 Å². The van der Waals surface area contributed by atoms with Gasteiger partial charge in [-0.2, -0.15) is 13.9 Å². The molecule has 1 heterocycles. The first-order valence-electron chi connectivity index (χ1n) is 4.69. The third-order valence-corrected chi connectivity index (χ3v) is 2.57. The number of benzene rings is 1. The summed E-state index contributed by atoms with van der Waals surface area (Å²) in [4.78, 5) is 0. The zero-order valence-electron chi connectivity index (χ0n) is 8.28.